The van der Waals surface area contributed by atoms with Crippen LogP contribution in [0.15, 0.2) is 55.3 Å². The standard InChI is InChI=1S/C23H26N2O5S/c1-3-10-27-20-9-6-17(11-24-20)25-22(26)23(2)14-28-21(29-15-23)16-4-7-18(8-5-16)30-19-12-31-13-19/h3-9,11,19,21H,1,10,12-15H2,2H3,(H,25,26). The van der Waals surface area contributed by atoms with Crippen molar-refractivity contribution in [3.63, 3.8) is 0 Å². The van der Waals surface area contributed by atoms with Gasteiger partial charge < -0.3 is 24.3 Å². The van der Waals surface area contributed by atoms with Crippen LogP contribution in [0.4, 0.5) is 5.69 Å². The molecule has 7 nitrogen and oxygen atoms in total. The number of ether oxygens (including phenoxy) is 4. The van der Waals surface area contributed by atoms with Crippen molar-refractivity contribution >= 4 is 23.4 Å². The van der Waals surface area contributed by atoms with Gasteiger partial charge in [-0.25, -0.2) is 4.98 Å². The van der Waals surface area contributed by atoms with Crippen LogP contribution in [0.2, 0.25) is 0 Å². The van der Waals surface area contributed by atoms with Gasteiger partial charge in [0.25, 0.3) is 0 Å². The zero-order chi connectivity index (χ0) is 21.7. The second kappa shape index (κ2) is 9.72. The number of thioether (sulfide) groups is 1. The Morgan fingerprint density at radius 2 is 2.00 bits per heavy atom. The van der Waals surface area contributed by atoms with Crippen LogP contribution in [-0.4, -0.2) is 48.3 Å². The third-order valence-electron chi connectivity index (χ3n) is 5.06. The highest BCUT2D eigenvalue weighted by atomic mass is 32.2. The Morgan fingerprint density at radius 1 is 1.26 bits per heavy atom. The first-order chi connectivity index (χ1) is 15.1. The minimum atomic E-state index is -0.806. The maximum atomic E-state index is 12.8. The van der Waals surface area contributed by atoms with Gasteiger partial charge in [0.05, 0.1) is 30.5 Å². The highest BCUT2D eigenvalue weighted by Crippen LogP contribution is 2.33. The van der Waals surface area contributed by atoms with Crippen molar-refractivity contribution in [2.24, 2.45) is 5.41 Å². The predicted molar refractivity (Wildman–Crippen MR) is 119 cm³/mol. The minimum absolute atomic E-state index is 0.186. The summed E-state index contributed by atoms with van der Waals surface area (Å²) in [4.78, 5) is 17.0. The fourth-order valence-corrected chi connectivity index (χ4v) is 3.64. The Morgan fingerprint density at radius 3 is 2.58 bits per heavy atom. The highest BCUT2D eigenvalue weighted by molar-refractivity contribution is 8.00. The minimum Gasteiger partial charge on any atom is -0.489 e. The van der Waals surface area contributed by atoms with Gasteiger partial charge in [-0.05, 0) is 25.1 Å². The number of nitrogens with one attached hydrogen (secondary N) is 1. The smallest absolute Gasteiger partial charge is 0.235 e. The number of rotatable bonds is 8. The molecule has 0 aliphatic carbocycles. The molecule has 8 heteroatoms. The van der Waals surface area contributed by atoms with Gasteiger partial charge in [-0.1, -0.05) is 24.8 Å². The average molecular weight is 443 g/mol. The Balaban J connectivity index is 1.29. The maximum Gasteiger partial charge on any atom is 0.235 e. The van der Waals surface area contributed by atoms with Crippen LogP contribution < -0.4 is 14.8 Å². The summed E-state index contributed by atoms with van der Waals surface area (Å²) in [5.41, 5.74) is 0.677. The molecule has 2 fully saturated rings. The molecule has 1 amide bonds. The molecule has 0 saturated carbocycles. The van der Waals surface area contributed by atoms with E-state index in [1.165, 1.54) is 0 Å². The summed E-state index contributed by atoms with van der Waals surface area (Å²) in [5.74, 6) is 3.22. The van der Waals surface area contributed by atoms with Crippen molar-refractivity contribution in [1.82, 2.24) is 4.98 Å². The van der Waals surface area contributed by atoms with Gasteiger partial charge in [-0.15, -0.1) is 0 Å². The van der Waals surface area contributed by atoms with Crippen LogP contribution >= 0.6 is 11.8 Å². The molecule has 2 aliphatic rings. The maximum absolute atomic E-state index is 12.8. The molecular weight excluding hydrogens is 416 g/mol. The number of aromatic nitrogens is 1. The molecule has 1 aromatic heterocycles. The third kappa shape index (κ3) is 5.39. The van der Waals surface area contributed by atoms with E-state index in [4.69, 9.17) is 18.9 Å². The first kappa shape index (κ1) is 21.7. The summed E-state index contributed by atoms with van der Waals surface area (Å²) < 4.78 is 23.0. The van der Waals surface area contributed by atoms with E-state index in [-0.39, 0.29) is 19.1 Å². The Bertz CT molecular complexity index is 891. The average Bonchev–Trinajstić information content (AvgIpc) is 2.77. The van der Waals surface area contributed by atoms with Gasteiger partial charge in [0.15, 0.2) is 6.29 Å². The molecule has 3 heterocycles. The SMILES string of the molecule is C=CCOc1ccc(NC(=O)C2(C)COC(c3ccc(OC4CSC4)cc3)OC2)cn1. The molecule has 0 atom stereocenters. The topological polar surface area (TPSA) is 78.9 Å². The number of benzene rings is 1. The van der Waals surface area contributed by atoms with Crippen LogP contribution in [0.3, 0.4) is 0 Å². The number of hydrogen-bond donors (Lipinski definition) is 1. The normalized spacial score (nSPS) is 23.5. The van der Waals surface area contributed by atoms with E-state index in [9.17, 15) is 4.79 Å². The zero-order valence-electron chi connectivity index (χ0n) is 17.4. The van der Waals surface area contributed by atoms with Gasteiger partial charge in [-0.2, -0.15) is 11.8 Å². The Labute approximate surface area is 186 Å². The van der Waals surface area contributed by atoms with Crippen LogP contribution in [-0.2, 0) is 14.3 Å². The number of nitrogens with zero attached hydrogens (tertiary/aromatic N) is 1. The fourth-order valence-electron chi connectivity index (χ4n) is 3.08. The molecule has 0 spiro atoms. The Kier molecular flexibility index (Phi) is 6.80. The lowest BCUT2D eigenvalue weighted by Gasteiger charge is -2.36. The summed E-state index contributed by atoms with van der Waals surface area (Å²) in [5, 5.41) is 2.87. The number of amides is 1. The highest BCUT2D eigenvalue weighted by Gasteiger charge is 2.40. The van der Waals surface area contributed by atoms with E-state index in [0.717, 1.165) is 22.8 Å². The molecule has 1 N–H and O–H groups in total. The van der Waals surface area contributed by atoms with Crippen LogP contribution in [0, 0.1) is 5.41 Å². The third-order valence-corrected chi connectivity index (χ3v) is 6.28. The van der Waals surface area contributed by atoms with Gasteiger partial charge in [0.1, 0.15) is 18.5 Å². The van der Waals surface area contributed by atoms with Gasteiger partial charge in [0, 0.05) is 23.1 Å². The fraction of sp³-hybridized carbons (Fsp3) is 0.391. The van der Waals surface area contributed by atoms with Crippen LogP contribution in [0.5, 0.6) is 11.6 Å². The summed E-state index contributed by atoms with van der Waals surface area (Å²) in [6.45, 7) is 6.28. The van der Waals surface area contributed by atoms with Crippen LogP contribution in [0.1, 0.15) is 18.8 Å². The lowest BCUT2D eigenvalue weighted by atomic mass is 9.90. The first-order valence-corrected chi connectivity index (χ1v) is 11.3. The molecule has 31 heavy (non-hydrogen) atoms. The second-order valence-electron chi connectivity index (χ2n) is 7.80. The van der Waals surface area contributed by atoms with E-state index >= 15 is 0 Å². The van der Waals surface area contributed by atoms with E-state index in [1.807, 2.05) is 43.0 Å². The second-order valence-corrected chi connectivity index (χ2v) is 8.87. The number of pyridine rings is 1. The largest absolute Gasteiger partial charge is 0.489 e. The number of carbonyl (C=O) groups is 1. The summed E-state index contributed by atoms with van der Waals surface area (Å²) in [6, 6.07) is 11.2. The molecule has 1 aromatic carbocycles. The number of hydrogen-bond acceptors (Lipinski definition) is 7. The lowest BCUT2D eigenvalue weighted by molar-refractivity contribution is -0.226. The van der Waals surface area contributed by atoms with Crippen molar-refractivity contribution in [3.05, 3.63) is 60.8 Å². The van der Waals surface area contributed by atoms with E-state index in [0.29, 0.717) is 24.3 Å². The molecule has 164 valence electrons. The predicted octanol–water partition coefficient (Wildman–Crippen LogP) is 3.83. The molecule has 0 bridgehead atoms. The zero-order valence-corrected chi connectivity index (χ0v) is 18.2. The summed E-state index contributed by atoms with van der Waals surface area (Å²) in [6.07, 6.45) is 3.00. The van der Waals surface area contributed by atoms with Gasteiger partial charge in [-0.3, -0.25) is 4.79 Å². The van der Waals surface area contributed by atoms with E-state index in [2.05, 4.69) is 16.9 Å². The molecule has 2 aliphatic heterocycles. The summed E-state index contributed by atoms with van der Waals surface area (Å²) in [7, 11) is 0. The van der Waals surface area contributed by atoms with Crippen molar-refractivity contribution in [2.45, 2.75) is 19.3 Å². The molecule has 4 rings (SSSR count). The Hall–Kier alpha value is -2.55. The molecule has 2 aromatic rings. The van der Waals surface area contributed by atoms with Crippen molar-refractivity contribution < 1.29 is 23.7 Å². The molecular formula is C23H26N2O5S. The monoisotopic (exact) mass is 442 g/mol. The van der Waals surface area contributed by atoms with Gasteiger partial charge >= 0.3 is 0 Å². The molecule has 2 saturated heterocycles. The first-order valence-electron chi connectivity index (χ1n) is 10.1. The van der Waals surface area contributed by atoms with E-state index in [1.54, 1.807) is 24.4 Å². The van der Waals surface area contributed by atoms with Crippen molar-refractivity contribution in [2.75, 3.05) is 36.6 Å². The molecule has 0 radical (unpaired) electrons. The number of carbonyl (C=O) groups excluding carboxylic acids is 1. The molecule has 0 unspecified atom stereocenters. The van der Waals surface area contributed by atoms with Gasteiger partial charge in [0.2, 0.25) is 11.8 Å². The number of anilines is 1. The van der Waals surface area contributed by atoms with Crippen molar-refractivity contribution in [3.8, 4) is 11.6 Å². The quantitative estimate of drug-likeness (QED) is 0.623. The van der Waals surface area contributed by atoms with Crippen LogP contribution in [0.25, 0.3) is 0 Å². The lowest BCUT2D eigenvalue weighted by Crippen LogP contribution is -2.45. The summed E-state index contributed by atoms with van der Waals surface area (Å²) >= 11 is 1.89. The van der Waals surface area contributed by atoms with Crippen molar-refractivity contribution in [1.29, 1.82) is 0 Å². The van der Waals surface area contributed by atoms with E-state index < -0.39 is 11.7 Å².